The standard InChI is InChI=1S/C18H16N2O5/c1-3-9-24-17-8-7-14(11-18(17)23-2)12-19-25-13-15-5-4-6-16(10-15)20(21)22/h1,4-8,10-12H,9,13H2,2H3/b19-12-. The van der Waals surface area contributed by atoms with Gasteiger partial charge in [-0.15, -0.1) is 6.42 Å². The zero-order valence-corrected chi connectivity index (χ0v) is 13.5. The predicted octanol–water partition coefficient (Wildman–Crippen LogP) is 3.17. The number of non-ortho nitro benzene ring substituents is 1. The molecule has 128 valence electrons. The van der Waals surface area contributed by atoms with Crippen molar-refractivity contribution < 1.29 is 19.2 Å². The summed E-state index contributed by atoms with van der Waals surface area (Å²) in [6.45, 7) is 0.273. The van der Waals surface area contributed by atoms with Gasteiger partial charge < -0.3 is 14.3 Å². The Labute approximate surface area is 145 Å². The number of hydrogen-bond donors (Lipinski definition) is 0. The fraction of sp³-hybridized carbons (Fsp3) is 0.167. The summed E-state index contributed by atoms with van der Waals surface area (Å²) in [6.07, 6.45) is 6.67. The topological polar surface area (TPSA) is 83.2 Å². The first-order valence-electron chi connectivity index (χ1n) is 7.27. The maximum Gasteiger partial charge on any atom is 0.269 e. The Morgan fingerprint density at radius 3 is 2.84 bits per heavy atom. The normalized spacial score (nSPS) is 10.2. The van der Waals surface area contributed by atoms with Gasteiger partial charge in [0.25, 0.3) is 5.69 Å². The monoisotopic (exact) mass is 340 g/mol. The fourth-order valence-corrected chi connectivity index (χ4v) is 1.97. The molecule has 25 heavy (non-hydrogen) atoms. The average molecular weight is 340 g/mol. The van der Waals surface area contributed by atoms with Crippen molar-refractivity contribution in [2.75, 3.05) is 13.7 Å². The van der Waals surface area contributed by atoms with Gasteiger partial charge in [0.05, 0.1) is 18.2 Å². The molecular weight excluding hydrogens is 324 g/mol. The molecule has 0 aliphatic heterocycles. The summed E-state index contributed by atoms with van der Waals surface area (Å²) >= 11 is 0. The molecule has 0 spiro atoms. The second kappa shape index (κ2) is 8.93. The highest BCUT2D eigenvalue weighted by atomic mass is 16.6. The van der Waals surface area contributed by atoms with Crippen LogP contribution in [0.4, 0.5) is 5.69 Å². The molecule has 0 aliphatic carbocycles. The van der Waals surface area contributed by atoms with Crippen LogP contribution in [-0.2, 0) is 11.4 Å². The van der Waals surface area contributed by atoms with Gasteiger partial charge in [-0.3, -0.25) is 10.1 Å². The lowest BCUT2D eigenvalue weighted by atomic mass is 10.2. The molecule has 7 heteroatoms. The predicted molar refractivity (Wildman–Crippen MR) is 92.8 cm³/mol. The molecule has 2 rings (SSSR count). The second-order valence-electron chi connectivity index (χ2n) is 4.84. The van der Waals surface area contributed by atoms with Crippen molar-refractivity contribution in [3.63, 3.8) is 0 Å². The third-order valence-electron chi connectivity index (χ3n) is 3.13. The summed E-state index contributed by atoms with van der Waals surface area (Å²) in [5.74, 6) is 3.45. The highest BCUT2D eigenvalue weighted by molar-refractivity contribution is 5.80. The molecule has 0 bridgehead atoms. The summed E-state index contributed by atoms with van der Waals surface area (Å²) in [6, 6.07) is 11.4. The molecule has 0 atom stereocenters. The van der Waals surface area contributed by atoms with E-state index in [1.807, 2.05) is 0 Å². The van der Waals surface area contributed by atoms with E-state index in [2.05, 4.69) is 11.1 Å². The molecule has 7 nitrogen and oxygen atoms in total. The molecule has 0 heterocycles. The van der Waals surface area contributed by atoms with Gasteiger partial charge in [-0.05, 0) is 23.8 Å². The summed E-state index contributed by atoms with van der Waals surface area (Å²) in [5, 5.41) is 14.6. The number of nitro groups is 1. The van der Waals surface area contributed by atoms with Crippen LogP contribution in [0.2, 0.25) is 0 Å². The van der Waals surface area contributed by atoms with Gasteiger partial charge in [-0.1, -0.05) is 23.2 Å². The van der Waals surface area contributed by atoms with E-state index in [1.54, 1.807) is 30.3 Å². The first-order valence-corrected chi connectivity index (χ1v) is 7.27. The van der Waals surface area contributed by atoms with Gasteiger partial charge in [0.15, 0.2) is 11.5 Å². The molecule has 0 amide bonds. The fourth-order valence-electron chi connectivity index (χ4n) is 1.97. The van der Waals surface area contributed by atoms with Crippen LogP contribution in [0, 0.1) is 22.5 Å². The quantitative estimate of drug-likeness (QED) is 0.319. The third-order valence-corrected chi connectivity index (χ3v) is 3.13. The van der Waals surface area contributed by atoms with E-state index in [0.717, 1.165) is 5.56 Å². The van der Waals surface area contributed by atoms with Gasteiger partial charge in [-0.25, -0.2) is 0 Å². The van der Waals surface area contributed by atoms with E-state index in [9.17, 15) is 10.1 Å². The van der Waals surface area contributed by atoms with E-state index in [4.69, 9.17) is 20.7 Å². The van der Waals surface area contributed by atoms with Crippen molar-refractivity contribution in [3.8, 4) is 23.8 Å². The van der Waals surface area contributed by atoms with Crippen LogP contribution >= 0.6 is 0 Å². The first-order chi connectivity index (χ1) is 12.1. The van der Waals surface area contributed by atoms with Crippen LogP contribution in [0.25, 0.3) is 0 Å². The Hall–Kier alpha value is -3.53. The Bertz CT molecular complexity index is 811. The van der Waals surface area contributed by atoms with E-state index >= 15 is 0 Å². The lowest BCUT2D eigenvalue weighted by molar-refractivity contribution is -0.384. The number of benzene rings is 2. The number of oxime groups is 1. The van der Waals surface area contributed by atoms with Crippen molar-refractivity contribution in [2.45, 2.75) is 6.61 Å². The molecule has 0 aliphatic rings. The molecule has 2 aromatic carbocycles. The number of rotatable bonds is 8. The van der Waals surface area contributed by atoms with Crippen molar-refractivity contribution in [1.82, 2.24) is 0 Å². The average Bonchev–Trinajstić information content (AvgIpc) is 2.64. The summed E-state index contributed by atoms with van der Waals surface area (Å²) in [4.78, 5) is 15.4. The highest BCUT2D eigenvalue weighted by Crippen LogP contribution is 2.27. The number of ether oxygens (including phenoxy) is 2. The van der Waals surface area contributed by atoms with Gasteiger partial charge in [0.2, 0.25) is 0 Å². The summed E-state index contributed by atoms with van der Waals surface area (Å²) in [7, 11) is 1.53. The first kappa shape index (κ1) is 17.8. The minimum atomic E-state index is -0.455. The Morgan fingerprint density at radius 2 is 2.12 bits per heavy atom. The molecular formula is C18H16N2O5. The maximum atomic E-state index is 10.7. The second-order valence-corrected chi connectivity index (χ2v) is 4.84. The molecule has 0 fully saturated rings. The minimum Gasteiger partial charge on any atom is -0.493 e. The van der Waals surface area contributed by atoms with Crippen LogP contribution in [-0.4, -0.2) is 24.9 Å². The number of terminal acetylenes is 1. The lowest BCUT2D eigenvalue weighted by Crippen LogP contribution is -1.97. The van der Waals surface area contributed by atoms with Crippen molar-refractivity contribution in [2.24, 2.45) is 5.16 Å². The highest BCUT2D eigenvalue weighted by Gasteiger charge is 2.06. The summed E-state index contributed by atoms with van der Waals surface area (Å²) < 4.78 is 10.6. The Morgan fingerprint density at radius 1 is 1.28 bits per heavy atom. The Kier molecular flexibility index (Phi) is 6.37. The van der Waals surface area contributed by atoms with Crippen molar-refractivity contribution in [1.29, 1.82) is 0 Å². The van der Waals surface area contributed by atoms with Gasteiger partial charge in [0, 0.05) is 17.7 Å². The van der Waals surface area contributed by atoms with E-state index < -0.39 is 4.92 Å². The van der Waals surface area contributed by atoms with E-state index in [0.29, 0.717) is 17.1 Å². The smallest absolute Gasteiger partial charge is 0.269 e. The molecule has 0 N–H and O–H groups in total. The van der Waals surface area contributed by atoms with Gasteiger partial charge in [-0.2, -0.15) is 0 Å². The van der Waals surface area contributed by atoms with E-state index in [-0.39, 0.29) is 18.9 Å². The lowest BCUT2D eigenvalue weighted by Gasteiger charge is -2.08. The zero-order valence-electron chi connectivity index (χ0n) is 13.5. The zero-order chi connectivity index (χ0) is 18.1. The van der Waals surface area contributed by atoms with Crippen LogP contribution in [0.3, 0.4) is 0 Å². The van der Waals surface area contributed by atoms with E-state index in [1.165, 1.54) is 25.5 Å². The number of methoxy groups -OCH3 is 1. The Balaban J connectivity index is 1.97. The summed E-state index contributed by atoms with van der Waals surface area (Å²) in [5.41, 5.74) is 1.41. The SMILES string of the molecule is C#CCOc1ccc(/C=N\OCc2cccc([N+](=O)[O-])c2)cc1OC. The van der Waals surface area contributed by atoms with Gasteiger partial charge in [0.1, 0.15) is 13.2 Å². The maximum absolute atomic E-state index is 10.7. The minimum absolute atomic E-state index is 0.0115. The van der Waals surface area contributed by atoms with Gasteiger partial charge >= 0.3 is 0 Å². The third kappa shape index (κ3) is 5.25. The number of nitro benzene ring substituents is 1. The van der Waals surface area contributed by atoms with Crippen LogP contribution < -0.4 is 9.47 Å². The van der Waals surface area contributed by atoms with Crippen LogP contribution in [0.5, 0.6) is 11.5 Å². The molecule has 0 saturated carbocycles. The molecule has 0 unspecified atom stereocenters. The van der Waals surface area contributed by atoms with Crippen molar-refractivity contribution in [3.05, 3.63) is 63.7 Å². The number of hydrogen-bond acceptors (Lipinski definition) is 6. The molecule has 2 aromatic rings. The van der Waals surface area contributed by atoms with Crippen molar-refractivity contribution >= 4 is 11.9 Å². The number of nitrogens with zero attached hydrogens (tertiary/aromatic N) is 2. The molecule has 0 aromatic heterocycles. The molecule has 0 saturated heterocycles. The molecule has 0 radical (unpaired) electrons. The van der Waals surface area contributed by atoms with Crippen LogP contribution in [0.1, 0.15) is 11.1 Å². The van der Waals surface area contributed by atoms with Crippen LogP contribution in [0.15, 0.2) is 47.6 Å². The largest absolute Gasteiger partial charge is 0.493 e.